The second-order valence-corrected chi connectivity index (χ2v) is 21.3. The molecule has 0 heterocycles. The maximum atomic E-state index is 12.9. The molecule has 0 aliphatic heterocycles. The van der Waals surface area contributed by atoms with E-state index in [2.05, 4.69) is 106 Å². The number of rotatable bonds is 58. The smallest absolute Gasteiger partial charge is 0.306 e. The Morgan fingerprint density at radius 3 is 0.827 bits per heavy atom. The lowest BCUT2D eigenvalue weighted by molar-refractivity contribution is -0.167. The molecule has 0 bridgehead atoms. The average Bonchev–Trinajstić information content (AvgIpc) is 3.41. The van der Waals surface area contributed by atoms with Crippen molar-refractivity contribution in [2.75, 3.05) is 13.2 Å². The lowest BCUT2D eigenvalue weighted by Gasteiger charge is -2.18. The van der Waals surface area contributed by atoms with Crippen molar-refractivity contribution in [1.29, 1.82) is 0 Å². The second kappa shape index (κ2) is 63.1. The molecule has 6 nitrogen and oxygen atoms in total. The Balaban J connectivity index is 4.35. The van der Waals surface area contributed by atoms with Gasteiger partial charge in [-0.25, -0.2) is 0 Å². The van der Waals surface area contributed by atoms with Crippen LogP contribution in [0, 0.1) is 0 Å². The maximum absolute atomic E-state index is 12.9. The van der Waals surface area contributed by atoms with Crippen LogP contribution in [0.4, 0.5) is 0 Å². The minimum Gasteiger partial charge on any atom is -0.462 e. The first-order valence-electron chi connectivity index (χ1n) is 32.1. The predicted molar refractivity (Wildman–Crippen MR) is 325 cm³/mol. The number of carbonyl (C=O) groups excluding carboxylic acids is 3. The molecule has 75 heavy (non-hydrogen) atoms. The standard InChI is InChI=1S/C69H120O6/c1-4-7-10-13-16-19-22-25-28-30-31-32-33-34-35-36-37-39-41-44-47-50-53-56-59-62-68(71)74-65-66(64-73-67(70)61-58-55-52-49-46-43-40-27-24-21-18-15-12-9-6-3)75-69(72)63-60-57-54-51-48-45-42-38-29-26-23-20-17-14-11-8-5-2/h8,11,17,20,22,25-27,29-31,33-34,40,66H,4-7,9-10,12-16,18-19,21,23-24,28,32,35-39,41-65H2,1-3H3/b11-8-,20-17-,25-22-,29-26-,31-30-,34-33-,40-27-. The SMILES string of the molecule is CC/C=C\C/C=C\C/C=C\CCCCCCCCCC(=O)OC(COC(=O)CCCCCCC/C=C\CCCCCCCC)COC(=O)CCCCCCCCCCCC/C=C\C/C=C\C/C=C\CCCCCCC. The highest BCUT2D eigenvalue weighted by Gasteiger charge is 2.19. The minimum absolute atomic E-state index is 0.0845. The molecule has 0 spiro atoms. The lowest BCUT2D eigenvalue weighted by Crippen LogP contribution is -2.30. The number of hydrogen-bond acceptors (Lipinski definition) is 6. The van der Waals surface area contributed by atoms with E-state index in [1.807, 2.05) is 0 Å². The third-order valence-corrected chi connectivity index (χ3v) is 13.9. The summed E-state index contributed by atoms with van der Waals surface area (Å²) < 4.78 is 16.9. The molecule has 1 unspecified atom stereocenters. The fourth-order valence-electron chi connectivity index (χ4n) is 9.05. The molecule has 0 amide bonds. The van der Waals surface area contributed by atoms with E-state index >= 15 is 0 Å². The summed E-state index contributed by atoms with van der Waals surface area (Å²) in [5, 5.41) is 0. The van der Waals surface area contributed by atoms with Gasteiger partial charge in [0.1, 0.15) is 13.2 Å². The molecule has 432 valence electrons. The van der Waals surface area contributed by atoms with Crippen LogP contribution in [-0.2, 0) is 28.6 Å². The van der Waals surface area contributed by atoms with Gasteiger partial charge >= 0.3 is 17.9 Å². The molecule has 0 rings (SSSR count). The first kappa shape index (κ1) is 71.6. The molecule has 1 atom stereocenters. The van der Waals surface area contributed by atoms with E-state index in [-0.39, 0.29) is 31.1 Å². The number of hydrogen-bond donors (Lipinski definition) is 0. The highest BCUT2D eigenvalue weighted by atomic mass is 16.6. The summed E-state index contributed by atoms with van der Waals surface area (Å²) in [6.07, 6.45) is 83.0. The Morgan fingerprint density at radius 1 is 0.280 bits per heavy atom. The quantitative estimate of drug-likeness (QED) is 0.0261. The van der Waals surface area contributed by atoms with Crippen molar-refractivity contribution in [1.82, 2.24) is 0 Å². The Hall–Kier alpha value is -3.41. The zero-order chi connectivity index (χ0) is 54.3. The Bertz CT molecular complexity index is 1430. The molecule has 6 heteroatoms. The molecule has 0 fully saturated rings. The van der Waals surface area contributed by atoms with Gasteiger partial charge in [0.05, 0.1) is 0 Å². The van der Waals surface area contributed by atoms with Crippen LogP contribution in [0.3, 0.4) is 0 Å². The minimum atomic E-state index is -0.788. The molecule has 0 aromatic rings. The van der Waals surface area contributed by atoms with Crippen LogP contribution in [0.25, 0.3) is 0 Å². The number of allylic oxidation sites excluding steroid dienone is 14. The van der Waals surface area contributed by atoms with Gasteiger partial charge in [0.25, 0.3) is 0 Å². The Morgan fingerprint density at radius 2 is 0.520 bits per heavy atom. The van der Waals surface area contributed by atoms with Crippen LogP contribution in [0.1, 0.15) is 316 Å². The van der Waals surface area contributed by atoms with Gasteiger partial charge < -0.3 is 14.2 Å². The van der Waals surface area contributed by atoms with Gasteiger partial charge in [-0.2, -0.15) is 0 Å². The normalized spacial score (nSPS) is 12.6. The number of carbonyl (C=O) groups is 3. The van der Waals surface area contributed by atoms with E-state index in [9.17, 15) is 14.4 Å². The zero-order valence-electron chi connectivity index (χ0n) is 49.6. The fourth-order valence-corrected chi connectivity index (χ4v) is 9.05. The van der Waals surface area contributed by atoms with Gasteiger partial charge in [-0.15, -0.1) is 0 Å². The van der Waals surface area contributed by atoms with Gasteiger partial charge in [0.2, 0.25) is 0 Å². The van der Waals surface area contributed by atoms with E-state index in [0.29, 0.717) is 19.3 Å². The molecule has 0 saturated carbocycles. The van der Waals surface area contributed by atoms with Crippen LogP contribution in [0.15, 0.2) is 85.1 Å². The number of unbranched alkanes of at least 4 members (excludes halogenated alkanes) is 33. The molecule has 0 aliphatic carbocycles. The second-order valence-electron chi connectivity index (χ2n) is 21.3. The van der Waals surface area contributed by atoms with Gasteiger partial charge in [-0.3, -0.25) is 14.4 Å². The molecular weight excluding hydrogens is 925 g/mol. The summed E-state index contributed by atoms with van der Waals surface area (Å²) in [4.78, 5) is 38.3. The zero-order valence-corrected chi connectivity index (χ0v) is 49.6. The first-order chi connectivity index (χ1) is 37.0. The highest BCUT2D eigenvalue weighted by molar-refractivity contribution is 5.71. The fraction of sp³-hybridized carbons (Fsp3) is 0.754. The summed E-state index contributed by atoms with van der Waals surface area (Å²) in [7, 11) is 0. The Kier molecular flexibility index (Phi) is 60.3. The Labute approximate surface area is 465 Å². The van der Waals surface area contributed by atoms with E-state index in [4.69, 9.17) is 14.2 Å². The van der Waals surface area contributed by atoms with Gasteiger partial charge in [0, 0.05) is 19.3 Å². The molecule has 0 aliphatic rings. The van der Waals surface area contributed by atoms with Crippen molar-refractivity contribution in [2.45, 2.75) is 322 Å². The molecule has 0 aromatic carbocycles. The largest absolute Gasteiger partial charge is 0.462 e. The molecule has 0 radical (unpaired) electrons. The number of esters is 3. The van der Waals surface area contributed by atoms with Crippen molar-refractivity contribution < 1.29 is 28.6 Å². The summed E-state index contributed by atoms with van der Waals surface area (Å²) >= 11 is 0. The third-order valence-electron chi connectivity index (χ3n) is 13.9. The van der Waals surface area contributed by atoms with Crippen LogP contribution in [-0.4, -0.2) is 37.2 Å². The van der Waals surface area contributed by atoms with Crippen molar-refractivity contribution in [3.8, 4) is 0 Å². The highest BCUT2D eigenvalue weighted by Crippen LogP contribution is 2.16. The molecule has 0 aromatic heterocycles. The van der Waals surface area contributed by atoms with Crippen molar-refractivity contribution in [3.05, 3.63) is 85.1 Å². The van der Waals surface area contributed by atoms with E-state index in [1.165, 1.54) is 173 Å². The predicted octanol–water partition coefficient (Wildman–Crippen LogP) is 21.9. The third kappa shape index (κ3) is 61.3. The number of ether oxygens (including phenoxy) is 3. The van der Waals surface area contributed by atoms with E-state index in [0.717, 1.165) is 103 Å². The van der Waals surface area contributed by atoms with E-state index < -0.39 is 6.10 Å². The van der Waals surface area contributed by atoms with Crippen LogP contribution < -0.4 is 0 Å². The molecule has 0 N–H and O–H groups in total. The van der Waals surface area contributed by atoms with Crippen molar-refractivity contribution >= 4 is 17.9 Å². The van der Waals surface area contributed by atoms with E-state index in [1.54, 1.807) is 0 Å². The van der Waals surface area contributed by atoms with Crippen molar-refractivity contribution in [2.24, 2.45) is 0 Å². The summed E-state index contributed by atoms with van der Waals surface area (Å²) in [5.41, 5.74) is 0. The summed E-state index contributed by atoms with van der Waals surface area (Å²) in [6.45, 7) is 6.52. The van der Waals surface area contributed by atoms with Crippen molar-refractivity contribution in [3.63, 3.8) is 0 Å². The first-order valence-corrected chi connectivity index (χ1v) is 32.1. The van der Waals surface area contributed by atoms with Gasteiger partial charge in [-0.1, -0.05) is 266 Å². The molecule has 0 saturated heterocycles. The summed E-state index contributed by atoms with van der Waals surface area (Å²) in [6, 6.07) is 0. The lowest BCUT2D eigenvalue weighted by atomic mass is 10.1. The molecular formula is C69H120O6. The van der Waals surface area contributed by atoms with Crippen LogP contribution >= 0.6 is 0 Å². The van der Waals surface area contributed by atoms with Crippen LogP contribution in [0.2, 0.25) is 0 Å². The topological polar surface area (TPSA) is 78.9 Å². The van der Waals surface area contributed by atoms with Gasteiger partial charge in [-0.05, 0) is 116 Å². The summed E-state index contributed by atoms with van der Waals surface area (Å²) in [5.74, 6) is -0.895. The average molecular weight is 1050 g/mol. The maximum Gasteiger partial charge on any atom is 0.306 e. The van der Waals surface area contributed by atoms with Crippen LogP contribution in [0.5, 0.6) is 0 Å². The van der Waals surface area contributed by atoms with Gasteiger partial charge in [0.15, 0.2) is 6.10 Å². The monoisotopic (exact) mass is 1040 g/mol.